The molecule has 1 aromatic heterocycles. The van der Waals surface area contributed by atoms with Crippen LogP contribution in [0.4, 0.5) is 5.69 Å². The number of imidazole rings is 1. The average molecular weight is 241 g/mol. The first-order valence-electron chi connectivity index (χ1n) is 6.15. The second-order valence-electron chi connectivity index (χ2n) is 4.56. The second kappa shape index (κ2) is 4.29. The highest BCUT2D eigenvalue weighted by Crippen LogP contribution is 2.29. The zero-order valence-corrected chi connectivity index (χ0v) is 10.3. The molecule has 0 saturated carbocycles. The van der Waals surface area contributed by atoms with Crippen LogP contribution in [0.15, 0.2) is 36.9 Å². The number of amides is 1. The van der Waals surface area contributed by atoms with E-state index in [2.05, 4.69) is 11.1 Å². The maximum atomic E-state index is 11.6. The first kappa shape index (κ1) is 11.0. The molecule has 2 aromatic rings. The fourth-order valence-corrected chi connectivity index (χ4v) is 2.48. The zero-order chi connectivity index (χ0) is 12.5. The van der Waals surface area contributed by atoms with E-state index in [0.717, 1.165) is 30.8 Å². The SMILES string of the molecule is CC(=O)N1CCCc2cc(-n3ccnc3)ccc21. The summed E-state index contributed by atoms with van der Waals surface area (Å²) in [4.78, 5) is 17.5. The highest BCUT2D eigenvalue weighted by Gasteiger charge is 2.19. The lowest BCUT2D eigenvalue weighted by atomic mass is 10.0. The Balaban J connectivity index is 2.03. The van der Waals surface area contributed by atoms with Crippen molar-refractivity contribution in [3.63, 3.8) is 0 Å². The first-order chi connectivity index (χ1) is 8.75. The summed E-state index contributed by atoms with van der Waals surface area (Å²) in [6.07, 6.45) is 7.53. The van der Waals surface area contributed by atoms with E-state index in [9.17, 15) is 4.79 Å². The molecule has 0 fully saturated rings. The number of aromatic nitrogens is 2. The number of nitrogens with zero attached hydrogens (tertiary/aromatic N) is 3. The van der Waals surface area contributed by atoms with Gasteiger partial charge in [0, 0.05) is 37.2 Å². The Labute approximate surface area is 106 Å². The zero-order valence-electron chi connectivity index (χ0n) is 10.3. The molecule has 1 aliphatic heterocycles. The van der Waals surface area contributed by atoms with E-state index in [1.165, 1.54) is 5.56 Å². The van der Waals surface area contributed by atoms with Crippen LogP contribution in [0.25, 0.3) is 5.69 Å². The predicted octanol–water partition coefficient (Wildman–Crippen LogP) is 2.17. The topological polar surface area (TPSA) is 38.1 Å². The highest BCUT2D eigenvalue weighted by atomic mass is 16.2. The van der Waals surface area contributed by atoms with Gasteiger partial charge in [-0.2, -0.15) is 0 Å². The van der Waals surface area contributed by atoms with Crippen LogP contribution in [0.1, 0.15) is 18.9 Å². The molecule has 1 amide bonds. The van der Waals surface area contributed by atoms with Crippen LogP contribution >= 0.6 is 0 Å². The third kappa shape index (κ3) is 1.79. The molecule has 0 saturated heterocycles. The Bertz CT molecular complexity index is 575. The summed E-state index contributed by atoms with van der Waals surface area (Å²) in [6.45, 7) is 2.45. The van der Waals surface area contributed by atoms with Crippen LogP contribution < -0.4 is 4.90 Å². The van der Waals surface area contributed by atoms with Gasteiger partial charge in [-0.15, -0.1) is 0 Å². The Hall–Kier alpha value is -2.10. The van der Waals surface area contributed by atoms with Gasteiger partial charge in [-0.05, 0) is 36.6 Å². The molecular weight excluding hydrogens is 226 g/mol. The number of anilines is 1. The molecule has 0 N–H and O–H groups in total. The normalized spacial score (nSPS) is 14.4. The van der Waals surface area contributed by atoms with Crippen molar-refractivity contribution in [2.75, 3.05) is 11.4 Å². The molecule has 18 heavy (non-hydrogen) atoms. The standard InChI is InChI=1S/C14H15N3O/c1-11(18)17-7-2-3-12-9-13(4-5-14(12)17)16-8-6-15-10-16/h4-6,8-10H,2-3,7H2,1H3. The lowest BCUT2D eigenvalue weighted by Crippen LogP contribution is -2.33. The molecular formula is C14H15N3O. The summed E-state index contributed by atoms with van der Waals surface area (Å²) in [5, 5.41) is 0. The summed E-state index contributed by atoms with van der Waals surface area (Å²) in [7, 11) is 0. The Kier molecular flexibility index (Phi) is 2.63. The average Bonchev–Trinajstić information content (AvgIpc) is 2.91. The van der Waals surface area contributed by atoms with Gasteiger partial charge in [0.1, 0.15) is 0 Å². The van der Waals surface area contributed by atoms with Gasteiger partial charge >= 0.3 is 0 Å². The summed E-state index contributed by atoms with van der Waals surface area (Å²) >= 11 is 0. The van der Waals surface area contributed by atoms with E-state index in [-0.39, 0.29) is 5.91 Å². The van der Waals surface area contributed by atoms with Crippen LogP contribution in [-0.4, -0.2) is 22.0 Å². The molecule has 0 bridgehead atoms. The van der Waals surface area contributed by atoms with Crippen LogP contribution in [0.3, 0.4) is 0 Å². The number of hydrogen-bond donors (Lipinski definition) is 0. The number of carbonyl (C=O) groups is 1. The van der Waals surface area contributed by atoms with Crippen LogP contribution in [0, 0.1) is 0 Å². The molecule has 0 radical (unpaired) electrons. The predicted molar refractivity (Wildman–Crippen MR) is 69.9 cm³/mol. The van der Waals surface area contributed by atoms with Crippen molar-refractivity contribution in [2.24, 2.45) is 0 Å². The second-order valence-corrected chi connectivity index (χ2v) is 4.56. The Morgan fingerprint density at radius 2 is 2.28 bits per heavy atom. The quantitative estimate of drug-likeness (QED) is 0.767. The van der Waals surface area contributed by atoms with E-state index in [0.29, 0.717) is 0 Å². The molecule has 2 heterocycles. The van der Waals surface area contributed by atoms with Crippen molar-refractivity contribution in [2.45, 2.75) is 19.8 Å². The summed E-state index contributed by atoms with van der Waals surface area (Å²) in [5.41, 5.74) is 3.39. The molecule has 1 aromatic carbocycles. The number of carbonyl (C=O) groups excluding carboxylic acids is 1. The first-order valence-corrected chi connectivity index (χ1v) is 6.15. The lowest BCUT2D eigenvalue weighted by Gasteiger charge is -2.29. The van der Waals surface area contributed by atoms with Crippen molar-refractivity contribution >= 4 is 11.6 Å². The van der Waals surface area contributed by atoms with E-state index >= 15 is 0 Å². The molecule has 92 valence electrons. The minimum absolute atomic E-state index is 0.117. The van der Waals surface area contributed by atoms with Crippen LogP contribution in [-0.2, 0) is 11.2 Å². The van der Waals surface area contributed by atoms with Gasteiger partial charge in [-0.3, -0.25) is 4.79 Å². The minimum Gasteiger partial charge on any atom is -0.312 e. The maximum absolute atomic E-state index is 11.6. The van der Waals surface area contributed by atoms with Gasteiger partial charge in [0.15, 0.2) is 0 Å². The molecule has 4 nitrogen and oxygen atoms in total. The van der Waals surface area contributed by atoms with Crippen molar-refractivity contribution in [3.05, 3.63) is 42.5 Å². The smallest absolute Gasteiger partial charge is 0.223 e. The third-order valence-corrected chi connectivity index (χ3v) is 3.36. The van der Waals surface area contributed by atoms with Gasteiger partial charge in [0.2, 0.25) is 5.91 Å². The number of fused-ring (bicyclic) bond motifs is 1. The van der Waals surface area contributed by atoms with Gasteiger partial charge < -0.3 is 9.47 Å². The molecule has 1 aliphatic rings. The minimum atomic E-state index is 0.117. The third-order valence-electron chi connectivity index (χ3n) is 3.36. The molecule has 0 aliphatic carbocycles. The summed E-state index contributed by atoms with van der Waals surface area (Å²) in [5.74, 6) is 0.117. The number of rotatable bonds is 1. The lowest BCUT2D eigenvalue weighted by molar-refractivity contribution is -0.116. The summed E-state index contributed by atoms with van der Waals surface area (Å²) in [6, 6.07) is 6.21. The van der Waals surface area contributed by atoms with Gasteiger partial charge in [-0.1, -0.05) is 0 Å². The van der Waals surface area contributed by atoms with Crippen LogP contribution in [0.2, 0.25) is 0 Å². The van der Waals surface area contributed by atoms with Gasteiger partial charge in [0.25, 0.3) is 0 Å². The fourth-order valence-electron chi connectivity index (χ4n) is 2.48. The number of hydrogen-bond acceptors (Lipinski definition) is 2. The van der Waals surface area contributed by atoms with E-state index < -0.39 is 0 Å². The molecule has 0 unspecified atom stereocenters. The van der Waals surface area contributed by atoms with E-state index in [4.69, 9.17) is 0 Å². The van der Waals surface area contributed by atoms with Gasteiger partial charge in [0.05, 0.1) is 6.33 Å². The molecule has 0 spiro atoms. The number of aryl methyl sites for hydroxylation is 1. The van der Waals surface area contributed by atoms with Crippen molar-refractivity contribution in [1.29, 1.82) is 0 Å². The maximum Gasteiger partial charge on any atom is 0.223 e. The fraction of sp³-hybridized carbons (Fsp3) is 0.286. The van der Waals surface area contributed by atoms with Crippen LogP contribution in [0.5, 0.6) is 0 Å². The van der Waals surface area contributed by atoms with Crippen molar-refractivity contribution < 1.29 is 4.79 Å². The highest BCUT2D eigenvalue weighted by molar-refractivity contribution is 5.93. The van der Waals surface area contributed by atoms with E-state index in [1.54, 1.807) is 19.4 Å². The Morgan fingerprint density at radius 1 is 1.39 bits per heavy atom. The van der Waals surface area contributed by atoms with Gasteiger partial charge in [-0.25, -0.2) is 4.98 Å². The largest absolute Gasteiger partial charge is 0.312 e. The molecule has 4 heteroatoms. The Morgan fingerprint density at radius 3 is 3.00 bits per heavy atom. The summed E-state index contributed by atoms with van der Waals surface area (Å²) < 4.78 is 1.98. The molecule has 0 atom stereocenters. The van der Waals surface area contributed by atoms with Crippen molar-refractivity contribution in [1.82, 2.24) is 9.55 Å². The van der Waals surface area contributed by atoms with Crippen molar-refractivity contribution in [3.8, 4) is 5.69 Å². The number of benzene rings is 1. The monoisotopic (exact) mass is 241 g/mol. The molecule has 3 rings (SSSR count). The van der Waals surface area contributed by atoms with E-state index in [1.807, 2.05) is 27.8 Å².